The minimum absolute atomic E-state index is 0.0663. The van der Waals surface area contributed by atoms with Crippen LogP contribution >= 0.6 is 23.1 Å². The van der Waals surface area contributed by atoms with Gasteiger partial charge in [0.15, 0.2) is 0 Å². The Balaban J connectivity index is 1.56. The number of aromatic nitrogens is 3. The van der Waals surface area contributed by atoms with Crippen molar-refractivity contribution in [1.82, 2.24) is 20.5 Å². The molecule has 1 amide bonds. The van der Waals surface area contributed by atoms with Crippen molar-refractivity contribution in [3.8, 4) is 0 Å². The van der Waals surface area contributed by atoms with E-state index >= 15 is 0 Å². The highest BCUT2D eigenvalue weighted by Gasteiger charge is 2.03. The number of hydrogen-bond donors (Lipinski definition) is 2. The second kappa shape index (κ2) is 7.30. The monoisotopic (exact) mass is 296 g/mol. The zero-order valence-electron chi connectivity index (χ0n) is 10.7. The van der Waals surface area contributed by atoms with Gasteiger partial charge in [-0.05, 0) is 13.0 Å². The normalized spacial score (nSPS) is 10.6. The summed E-state index contributed by atoms with van der Waals surface area (Å²) in [6, 6.07) is 1.85. The van der Waals surface area contributed by atoms with Crippen molar-refractivity contribution in [2.24, 2.45) is 0 Å². The van der Waals surface area contributed by atoms with E-state index in [4.69, 9.17) is 0 Å². The van der Waals surface area contributed by atoms with E-state index in [-0.39, 0.29) is 5.91 Å². The third kappa shape index (κ3) is 5.04. The Morgan fingerprint density at radius 1 is 1.58 bits per heavy atom. The Morgan fingerprint density at radius 2 is 2.47 bits per heavy atom. The molecular weight excluding hydrogens is 280 g/mol. The number of nitrogens with one attached hydrogen (secondary N) is 2. The summed E-state index contributed by atoms with van der Waals surface area (Å²) in [4.78, 5) is 16.0. The lowest BCUT2D eigenvalue weighted by Gasteiger charge is -2.03. The molecule has 5 nitrogen and oxygen atoms in total. The number of thioether (sulfide) groups is 1. The van der Waals surface area contributed by atoms with Gasteiger partial charge in [-0.25, -0.2) is 4.98 Å². The molecule has 0 aliphatic carbocycles. The van der Waals surface area contributed by atoms with Crippen LogP contribution in [0.1, 0.15) is 22.8 Å². The highest BCUT2D eigenvalue weighted by atomic mass is 32.2. The lowest BCUT2D eigenvalue weighted by molar-refractivity contribution is -0.120. The van der Waals surface area contributed by atoms with Crippen LogP contribution in [0.4, 0.5) is 0 Å². The Morgan fingerprint density at radius 3 is 3.16 bits per heavy atom. The predicted octanol–water partition coefficient (Wildman–Crippen LogP) is 2.11. The zero-order valence-corrected chi connectivity index (χ0v) is 12.3. The summed E-state index contributed by atoms with van der Waals surface area (Å²) in [5.41, 5.74) is 2.02. The molecule has 0 spiro atoms. The summed E-state index contributed by atoms with van der Waals surface area (Å²) in [5, 5.41) is 12.6. The number of H-pyrrole nitrogens is 1. The molecule has 19 heavy (non-hydrogen) atoms. The Kier molecular flexibility index (Phi) is 5.41. The van der Waals surface area contributed by atoms with Gasteiger partial charge in [-0.1, -0.05) is 0 Å². The number of rotatable bonds is 7. The Labute approximate surface area is 120 Å². The lowest BCUT2D eigenvalue weighted by Crippen LogP contribution is -2.23. The first-order valence-electron chi connectivity index (χ1n) is 5.98. The summed E-state index contributed by atoms with van der Waals surface area (Å²) >= 11 is 3.40. The number of aryl methyl sites for hydroxylation is 1. The van der Waals surface area contributed by atoms with Gasteiger partial charge in [0.2, 0.25) is 5.91 Å². The van der Waals surface area contributed by atoms with Crippen molar-refractivity contribution < 1.29 is 4.79 Å². The van der Waals surface area contributed by atoms with Crippen molar-refractivity contribution in [2.75, 3.05) is 5.75 Å². The molecule has 2 rings (SSSR count). The minimum atomic E-state index is 0.0663. The van der Waals surface area contributed by atoms with Gasteiger partial charge in [-0.2, -0.15) is 16.9 Å². The smallest absolute Gasteiger partial charge is 0.221 e. The van der Waals surface area contributed by atoms with Crippen LogP contribution in [0.25, 0.3) is 0 Å². The Hall–Kier alpha value is -1.34. The molecule has 0 saturated carbocycles. The van der Waals surface area contributed by atoms with Gasteiger partial charge in [0.1, 0.15) is 0 Å². The molecule has 2 aromatic heterocycles. The quantitative estimate of drug-likeness (QED) is 0.768. The second-order valence-electron chi connectivity index (χ2n) is 4.02. The first kappa shape index (κ1) is 14.1. The summed E-state index contributed by atoms with van der Waals surface area (Å²) in [7, 11) is 0. The van der Waals surface area contributed by atoms with E-state index in [2.05, 4.69) is 25.9 Å². The minimum Gasteiger partial charge on any atom is -0.350 e. The van der Waals surface area contributed by atoms with Crippen molar-refractivity contribution in [1.29, 1.82) is 0 Å². The van der Waals surface area contributed by atoms with Crippen LogP contribution in [0.2, 0.25) is 0 Å². The maximum Gasteiger partial charge on any atom is 0.221 e. The molecule has 2 N–H and O–H groups in total. The molecule has 2 heterocycles. The molecule has 0 atom stereocenters. The van der Waals surface area contributed by atoms with Crippen LogP contribution in [-0.2, 0) is 17.1 Å². The fourth-order valence-electron chi connectivity index (χ4n) is 1.48. The largest absolute Gasteiger partial charge is 0.350 e. The molecule has 2 aromatic rings. The predicted molar refractivity (Wildman–Crippen MR) is 78.1 cm³/mol. The molecule has 102 valence electrons. The third-order valence-corrected chi connectivity index (χ3v) is 4.24. The fraction of sp³-hybridized carbons (Fsp3) is 0.417. The molecule has 0 radical (unpaired) electrons. The van der Waals surface area contributed by atoms with Gasteiger partial charge >= 0.3 is 0 Å². The van der Waals surface area contributed by atoms with Gasteiger partial charge in [-0.15, -0.1) is 11.3 Å². The van der Waals surface area contributed by atoms with E-state index in [1.54, 1.807) is 29.3 Å². The summed E-state index contributed by atoms with van der Waals surface area (Å²) in [5.74, 6) is 1.75. The molecule has 0 fully saturated rings. The molecule has 0 unspecified atom stereocenters. The summed E-state index contributed by atoms with van der Waals surface area (Å²) < 4.78 is 0. The Bertz CT molecular complexity index is 510. The van der Waals surface area contributed by atoms with E-state index in [9.17, 15) is 4.79 Å². The number of hydrogen-bond acceptors (Lipinski definition) is 5. The van der Waals surface area contributed by atoms with Gasteiger partial charge in [0.05, 0.1) is 22.9 Å². The van der Waals surface area contributed by atoms with Crippen LogP contribution in [-0.4, -0.2) is 26.8 Å². The molecule has 7 heteroatoms. The molecule has 0 aliphatic rings. The van der Waals surface area contributed by atoms with Crippen LogP contribution in [0.5, 0.6) is 0 Å². The number of nitrogens with zero attached hydrogens (tertiary/aromatic N) is 2. The van der Waals surface area contributed by atoms with Crippen molar-refractivity contribution in [3.05, 3.63) is 34.0 Å². The van der Waals surface area contributed by atoms with E-state index in [1.807, 2.05) is 13.0 Å². The van der Waals surface area contributed by atoms with Crippen LogP contribution in [0.15, 0.2) is 17.6 Å². The average molecular weight is 296 g/mol. The molecule has 0 saturated heterocycles. The average Bonchev–Trinajstić information content (AvgIpc) is 3.04. The first-order valence-corrected chi connectivity index (χ1v) is 8.01. The topological polar surface area (TPSA) is 70.7 Å². The molecule has 0 aromatic carbocycles. The first-order chi connectivity index (χ1) is 9.24. The SMILES string of the molecule is Cc1nc(CSCCC(=O)NCc2ccn[nH]2)cs1. The number of carbonyl (C=O) groups excluding carboxylic acids is 1. The highest BCUT2D eigenvalue weighted by molar-refractivity contribution is 7.98. The fourth-order valence-corrected chi connectivity index (χ4v) is 3.03. The van der Waals surface area contributed by atoms with E-state index < -0.39 is 0 Å². The zero-order chi connectivity index (χ0) is 13.5. The maximum absolute atomic E-state index is 11.6. The number of carbonyl (C=O) groups is 1. The summed E-state index contributed by atoms with van der Waals surface area (Å²) in [6.45, 7) is 2.51. The number of amides is 1. The molecule has 0 bridgehead atoms. The standard InChI is InChI=1S/C12H16N4OS2/c1-9-15-11(8-19-9)7-18-5-3-12(17)13-6-10-2-4-14-16-10/h2,4,8H,3,5-7H2,1H3,(H,13,17)(H,14,16). The van der Waals surface area contributed by atoms with Gasteiger partial charge in [0, 0.05) is 29.5 Å². The van der Waals surface area contributed by atoms with Crippen LogP contribution in [0.3, 0.4) is 0 Å². The van der Waals surface area contributed by atoms with Crippen molar-refractivity contribution in [3.63, 3.8) is 0 Å². The number of aromatic amines is 1. The van der Waals surface area contributed by atoms with Crippen molar-refractivity contribution >= 4 is 29.0 Å². The van der Waals surface area contributed by atoms with Crippen molar-refractivity contribution in [2.45, 2.75) is 25.6 Å². The van der Waals surface area contributed by atoms with Crippen LogP contribution < -0.4 is 5.32 Å². The lowest BCUT2D eigenvalue weighted by atomic mass is 10.4. The van der Waals surface area contributed by atoms with Gasteiger partial charge < -0.3 is 5.32 Å². The number of thiazole rings is 1. The summed E-state index contributed by atoms with van der Waals surface area (Å²) in [6.07, 6.45) is 2.20. The third-order valence-electron chi connectivity index (χ3n) is 2.42. The van der Waals surface area contributed by atoms with Crippen LogP contribution in [0, 0.1) is 6.92 Å². The van der Waals surface area contributed by atoms with Gasteiger partial charge in [0.25, 0.3) is 0 Å². The molecular formula is C12H16N4OS2. The molecule has 0 aliphatic heterocycles. The van der Waals surface area contributed by atoms with E-state index in [1.165, 1.54) is 0 Å². The van der Waals surface area contributed by atoms with Gasteiger partial charge in [-0.3, -0.25) is 9.89 Å². The van der Waals surface area contributed by atoms with E-state index in [0.717, 1.165) is 27.9 Å². The maximum atomic E-state index is 11.6. The van der Waals surface area contributed by atoms with E-state index in [0.29, 0.717) is 13.0 Å². The second-order valence-corrected chi connectivity index (χ2v) is 6.19. The highest BCUT2D eigenvalue weighted by Crippen LogP contribution is 2.15.